The maximum Gasteiger partial charge on any atom is 0.162 e. The molecule has 0 atom stereocenters. The summed E-state index contributed by atoms with van der Waals surface area (Å²) in [5, 5.41) is 0. The molecule has 0 saturated heterocycles. The van der Waals surface area contributed by atoms with Crippen molar-refractivity contribution in [2.45, 2.75) is 6.92 Å². The van der Waals surface area contributed by atoms with Gasteiger partial charge >= 0.3 is 0 Å². The molecule has 92 valence electrons. The summed E-state index contributed by atoms with van der Waals surface area (Å²) in [5.41, 5.74) is 1.84. The summed E-state index contributed by atoms with van der Waals surface area (Å²) in [5.74, 6) is 2.20. The Kier molecular flexibility index (Phi) is 2.91. The average Bonchev–Trinajstić information content (AvgIpc) is 2.37. The molecule has 5 heteroatoms. The first kappa shape index (κ1) is 11.5. The van der Waals surface area contributed by atoms with Crippen LogP contribution in [0.25, 0.3) is 11.4 Å². The summed E-state index contributed by atoms with van der Waals surface area (Å²) in [6.07, 6.45) is 0. The van der Waals surface area contributed by atoms with E-state index in [9.17, 15) is 0 Å². The highest BCUT2D eigenvalue weighted by Gasteiger charge is 2.13. The largest absolute Gasteiger partial charge is 0.486 e. The van der Waals surface area contributed by atoms with Crippen molar-refractivity contribution in [3.8, 4) is 22.9 Å². The monoisotopic (exact) mass is 306 g/mol. The number of hydrogen-bond donors (Lipinski definition) is 0. The van der Waals surface area contributed by atoms with E-state index >= 15 is 0 Å². The van der Waals surface area contributed by atoms with Crippen molar-refractivity contribution in [1.82, 2.24) is 9.97 Å². The highest BCUT2D eigenvalue weighted by atomic mass is 79.9. The van der Waals surface area contributed by atoms with Gasteiger partial charge < -0.3 is 9.47 Å². The topological polar surface area (TPSA) is 44.2 Å². The third kappa shape index (κ3) is 2.18. The predicted octanol–water partition coefficient (Wildman–Crippen LogP) is 2.99. The quantitative estimate of drug-likeness (QED) is 0.760. The number of hydrogen-bond acceptors (Lipinski definition) is 4. The molecular weight excluding hydrogens is 296 g/mol. The van der Waals surface area contributed by atoms with Crippen molar-refractivity contribution < 1.29 is 9.47 Å². The van der Waals surface area contributed by atoms with Crippen LogP contribution in [0.5, 0.6) is 11.5 Å². The standard InChI is InChI=1S/C13H11BrN2O2/c1-8-6-12(14)16-13(15-8)9-2-3-10-11(7-9)18-5-4-17-10/h2-3,6-7H,4-5H2,1H3. The molecule has 0 N–H and O–H groups in total. The van der Waals surface area contributed by atoms with Gasteiger partial charge in [-0.1, -0.05) is 0 Å². The van der Waals surface area contributed by atoms with Gasteiger partial charge in [-0.05, 0) is 47.1 Å². The lowest BCUT2D eigenvalue weighted by Crippen LogP contribution is -2.15. The second-order valence-corrected chi connectivity index (χ2v) is 4.83. The van der Waals surface area contributed by atoms with E-state index in [0.717, 1.165) is 27.4 Å². The number of aromatic nitrogens is 2. The Balaban J connectivity index is 2.06. The van der Waals surface area contributed by atoms with Gasteiger partial charge in [-0.15, -0.1) is 0 Å². The van der Waals surface area contributed by atoms with Crippen LogP contribution in [-0.4, -0.2) is 23.2 Å². The molecule has 1 aromatic carbocycles. The van der Waals surface area contributed by atoms with Gasteiger partial charge in [0, 0.05) is 11.3 Å². The van der Waals surface area contributed by atoms with E-state index in [4.69, 9.17) is 9.47 Å². The van der Waals surface area contributed by atoms with Gasteiger partial charge in [-0.3, -0.25) is 0 Å². The number of rotatable bonds is 1. The number of aryl methyl sites for hydroxylation is 1. The molecule has 3 rings (SSSR count). The summed E-state index contributed by atoms with van der Waals surface area (Å²) >= 11 is 3.38. The number of ether oxygens (including phenoxy) is 2. The lowest BCUT2D eigenvalue weighted by Gasteiger charge is -2.18. The van der Waals surface area contributed by atoms with Gasteiger partial charge in [0.2, 0.25) is 0 Å². The summed E-state index contributed by atoms with van der Waals surface area (Å²) in [4.78, 5) is 8.78. The normalized spacial score (nSPS) is 13.4. The maximum absolute atomic E-state index is 5.55. The van der Waals surface area contributed by atoms with Crippen LogP contribution < -0.4 is 9.47 Å². The van der Waals surface area contributed by atoms with E-state index in [1.807, 2.05) is 31.2 Å². The Morgan fingerprint density at radius 2 is 1.83 bits per heavy atom. The van der Waals surface area contributed by atoms with Gasteiger partial charge in [0.05, 0.1) is 0 Å². The molecule has 0 unspecified atom stereocenters. The molecule has 0 saturated carbocycles. The van der Waals surface area contributed by atoms with Crippen molar-refractivity contribution in [1.29, 1.82) is 0 Å². The molecule has 0 bridgehead atoms. The average molecular weight is 307 g/mol. The lowest BCUT2D eigenvalue weighted by molar-refractivity contribution is 0.171. The van der Waals surface area contributed by atoms with Gasteiger partial charge in [-0.25, -0.2) is 9.97 Å². The van der Waals surface area contributed by atoms with E-state index in [1.54, 1.807) is 0 Å². The van der Waals surface area contributed by atoms with E-state index in [0.29, 0.717) is 19.0 Å². The molecule has 2 heterocycles. The van der Waals surface area contributed by atoms with Crippen LogP contribution in [0.3, 0.4) is 0 Å². The fourth-order valence-corrected chi connectivity index (χ4v) is 2.34. The van der Waals surface area contributed by atoms with E-state index in [-0.39, 0.29) is 0 Å². The molecule has 2 aromatic rings. The third-order valence-corrected chi connectivity index (χ3v) is 3.03. The Labute approximate surface area is 113 Å². The van der Waals surface area contributed by atoms with Crippen LogP contribution in [-0.2, 0) is 0 Å². The van der Waals surface area contributed by atoms with Crippen molar-refractivity contribution in [3.05, 3.63) is 34.6 Å². The molecule has 18 heavy (non-hydrogen) atoms. The second-order valence-electron chi connectivity index (χ2n) is 4.01. The summed E-state index contributed by atoms with van der Waals surface area (Å²) in [6.45, 7) is 3.11. The van der Waals surface area contributed by atoms with Gasteiger partial charge in [0.15, 0.2) is 17.3 Å². The Bertz CT molecular complexity index is 581. The lowest BCUT2D eigenvalue weighted by atomic mass is 10.2. The van der Waals surface area contributed by atoms with E-state index in [2.05, 4.69) is 25.9 Å². The first-order valence-electron chi connectivity index (χ1n) is 5.63. The number of halogens is 1. The van der Waals surface area contributed by atoms with Crippen molar-refractivity contribution in [2.24, 2.45) is 0 Å². The molecule has 0 radical (unpaired) electrons. The Morgan fingerprint density at radius 3 is 2.61 bits per heavy atom. The van der Waals surface area contributed by atoms with Crippen molar-refractivity contribution in [3.63, 3.8) is 0 Å². The minimum atomic E-state index is 0.578. The van der Waals surface area contributed by atoms with E-state index < -0.39 is 0 Å². The zero-order valence-electron chi connectivity index (χ0n) is 9.81. The smallest absolute Gasteiger partial charge is 0.162 e. The maximum atomic E-state index is 5.55. The molecule has 1 aromatic heterocycles. The second kappa shape index (κ2) is 4.57. The first-order chi connectivity index (χ1) is 8.72. The van der Waals surface area contributed by atoms with Crippen LogP contribution >= 0.6 is 15.9 Å². The van der Waals surface area contributed by atoms with Gasteiger partial charge in [-0.2, -0.15) is 0 Å². The minimum absolute atomic E-state index is 0.578. The molecule has 1 aliphatic heterocycles. The molecule has 0 fully saturated rings. The number of nitrogens with zero attached hydrogens (tertiary/aromatic N) is 2. The van der Waals surface area contributed by atoms with E-state index in [1.165, 1.54) is 0 Å². The van der Waals surface area contributed by atoms with Crippen molar-refractivity contribution >= 4 is 15.9 Å². The number of benzene rings is 1. The molecule has 1 aliphatic rings. The molecule has 4 nitrogen and oxygen atoms in total. The molecular formula is C13H11BrN2O2. The highest BCUT2D eigenvalue weighted by molar-refractivity contribution is 9.10. The minimum Gasteiger partial charge on any atom is -0.486 e. The zero-order valence-corrected chi connectivity index (χ0v) is 11.4. The van der Waals surface area contributed by atoms with Gasteiger partial charge in [0.1, 0.15) is 17.8 Å². The third-order valence-electron chi connectivity index (χ3n) is 2.62. The van der Waals surface area contributed by atoms with Gasteiger partial charge in [0.25, 0.3) is 0 Å². The summed E-state index contributed by atoms with van der Waals surface area (Å²) in [6, 6.07) is 7.62. The summed E-state index contributed by atoms with van der Waals surface area (Å²) < 4.78 is 11.8. The SMILES string of the molecule is Cc1cc(Br)nc(-c2ccc3c(c2)OCCO3)n1. The van der Waals surface area contributed by atoms with Crippen LogP contribution in [0, 0.1) is 6.92 Å². The molecule has 0 aliphatic carbocycles. The van der Waals surface area contributed by atoms with Crippen molar-refractivity contribution in [2.75, 3.05) is 13.2 Å². The zero-order chi connectivity index (χ0) is 12.5. The fourth-order valence-electron chi connectivity index (χ4n) is 1.84. The first-order valence-corrected chi connectivity index (χ1v) is 6.43. The summed E-state index contributed by atoms with van der Waals surface area (Å²) in [7, 11) is 0. The van der Waals surface area contributed by atoms with Crippen LogP contribution in [0.2, 0.25) is 0 Å². The highest BCUT2D eigenvalue weighted by Crippen LogP contribution is 2.33. The van der Waals surface area contributed by atoms with Crippen LogP contribution in [0.15, 0.2) is 28.9 Å². The molecule has 0 amide bonds. The number of fused-ring (bicyclic) bond motifs is 1. The van der Waals surface area contributed by atoms with Crippen LogP contribution in [0.4, 0.5) is 0 Å². The fraction of sp³-hybridized carbons (Fsp3) is 0.231. The predicted molar refractivity (Wildman–Crippen MR) is 70.9 cm³/mol. The molecule has 0 spiro atoms. The Morgan fingerprint density at radius 1 is 1.06 bits per heavy atom. The Hall–Kier alpha value is -1.62. The van der Waals surface area contributed by atoms with Crippen LogP contribution in [0.1, 0.15) is 5.69 Å².